The molecule has 1 saturated heterocycles. The molecule has 1 atom stereocenters. The van der Waals surface area contributed by atoms with Crippen molar-refractivity contribution < 1.29 is 10.3 Å². The summed E-state index contributed by atoms with van der Waals surface area (Å²) >= 11 is 0. The number of rotatable bonds is 4. The average Bonchev–Trinajstić information content (AvgIpc) is 2.83. The quantitative estimate of drug-likeness (QED) is 0.569. The number of anilines is 3. The van der Waals surface area contributed by atoms with Crippen LogP contribution in [-0.4, -0.2) is 40.5 Å². The van der Waals surface area contributed by atoms with Gasteiger partial charge in [-0.1, -0.05) is 0 Å². The van der Waals surface area contributed by atoms with Crippen LogP contribution in [0.1, 0.15) is 34.1 Å². The van der Waals surface area contributed by atoms with Gasteiger partial charge in [0, 0.05) is 31.6 Å². The number of nitrogens with zero attached hydrogens (tertiary/aromatic N) is 4. The van der Waals surface area contributed by atoms with Gasteiger partial charge in [0.15, 0.2) is 11.6 Å². The lowest BCUT2D eigenvalue weighted by Crippen LogP contribution is -2.36. The minimum atomic E-state index is -0.200. The van der Waals surface area contributed by atoms with E-state index in [1.54, 1.807) is 0 Å². The molecule has 1 aliphatic rings. The molecule has 0 radical (unpaired) electrons. The first-order valence-electron chi connectivity index (χ1n) is 7.58. The zero-order valence-corrected chi connectivity index (χ0v) is 14.1. The van der Waals surface area contributed by atoms with Crippen LogP contribution in [0.4, 0.5) is 23.3 Å². The Morgan fingerprint density at radius 3 is 2.70 bits per heavy atom. The van der Waals surface area contributed by atoms with Crippen molar-refractivity contribution in [2.45, 2.75) is 45.7 Å². The van der Waals surface area contributed by atoms with E-state index in [0.29, 0.717) is 24.0 Å². The van der Waals surface area contributed by atoms with Crippen LogP contribution in [0, 0.1) is 0 Å². The minimum absolute atomic E-state index is 0.0436. The largest absolute Gasteiger partial charge is 0.381 e. The predicted molar refractivity (Wildman–Crippen MR) is 88.3 cm³/mol. The number of hydrogen-bond donors (Lipinski definition) is 4. The van der Waals surface area contributed by atoms with Gasteiger partial charge in [0.05, 0.1) is 0 Å². The maximum atomic E-state index is 11.2. The highest BCUT2D eigenvalue weighted by Gasteiger charge is 2.28. The number of carbonyl (C=O) groups excluding carboxylic acids is 1. The van der Waals surface area contributed by atoms with Gasteiger partial charge in [-0.15, -0.1) is 0 Å². The lowest BCUT2D eigenvalue weighted by atomic mass is 10.1. The van der Waals surface area contributed by atoms with Crippen molar-refractivity contribution in [1.82, 2.24) is 15.3 Å². The van der Waals surface area contributed by atoms with E-state index < -0.39 is 0 Å². The van der Waals surface area contributed by atoms with Gasteiger partial charge < -0.3 is 21.3 Å². The van der Waals surface area contributed by atoms with E-state index in [0.717, 1.165) is 13.0 Å². The molecule has 1 aromatic heterocycles. The first-order chi connectivity index (χ1) is 10.7. The second kappa shape index (κ2) is 6.35. The zero-order valence-electron chi connectivity index (χ0n) is 14.1. The monoisotopic (exact) mass is 321 g/mol. The molecular formula is C14H25N8O+. The number of nitrogens with two attached hydrogens (primary N) is 2. The molecule has 0 spiro atoms. The van der Waals surface area contributed by atoms with E-state index in [9.17, 15) is 4.79 Å². The fourth-order valence-electron chi connectivity index (χ4n) is 2.55. The van der Waals surface area contributed by atoms with E-state index in [1.165, 1.54) is 6.92 Å². The molecule has 0 unspecified atom stereocenters. The van der Waals surface area contributed by atoms with Crippen molar-refractivity contribution in [3.05, 3.63) is 0 Å². The van der Waals surface area contributed by atoms with E-state index in [2.05, 4.69) is 25.7 Å². The van der Waals surface area contributed by atoms with Crippen molar-refractivity contribution in [2.75, 3.05) is 29.0 Å². The molecule has 2 rings (SSSR count). The van der Waals surface area contributed by atoms with Crippen LogP contribution in [0.5, 0.6) is 0 Å². The summed E-state index contributed by atoms with van der Waals surface area (Å²) in [6.07, 6.45) is 0.829. The summed E-state index contributed by atoms with van der Waals surface area (Å²) in [6.45, 7) is 8.91. The molecule has 1 fully saturated rings. The maximum Gasteiger partial charge on any atom is 0.227 e. The molecule has 0 bridgehead atoms. The molecule has 0 aromatic carbocycles. The SMILES string of the molecule is CC(=O)N[C@H]1CCN(c2nc(NC(C)(C)C)nc(N)c2N=[NH2+])C1. The Bertz CT molecular complexity index is 610. The standard InChI is InChI=1S/C14H24N8O/c1-8(23)17-9-5-6-22(7-9)12-10(21-16)11(15)18-13(19-12)20-14(2,3)4/h9,16H,5-7H2,1-4H3,(H,17,23)(H3,15,18,19,20)/p+1/t9-/m0/s1. The highest BCUT2D eigenvalue weighted by molar-refractivity contribution is 5.75. The number of nitrogens with one attached hydrogen (secondary N) is 2. The van der Waals surface area contributed by atoms with Gasteiger partial charge in [0.2, 0.25) is 17.5 Å². The van der Waals surface area contributed by atoms with Crippen molar-refractivity contribution in [2.24, 2.45) is 5.11 Å². The van der Waals surface area contributed by atoms with Crippen molar-refractivity contribution in [1.29, 1.82) is 0 Å². The summed E-state index contributed by atoms with van der Waals surface area (Å²) in [6, 6.07) is 0.0772. The average molecular weight is 321 g/mol. The Hall–Kier alpha value is -2.45. The lowest BCUT2D eigenvalue weighted by Gasteiger charge is -2.23. The number of aromatic nitrogens is 2. The number of nitrogen functional groups attached to an aromatic ring is 1. The van der Waals surface area contributed by atoms with Crippen molar-refractivity contribution in [3.63, 3.8) is 0 Å². The van der Waals surface area contributed by atoms with Crippen LogP contribution >= 0.6 is 0 Å². The molecular weight excluding hydrogens is 296 g/mol. The second-order valence-corrected chi connectivity index (χ2v) is 6.74. The Kier molecular flexibility index (Phi) is 4.67. The Morgan fingerprint density at radius 1 is 1.43 bits per heavy atom. The first-order valence-corrected chi connectivity index (χ1v) is 7.58. The van der Waals surface area contributed by atoms with E-state index >= 15 is 0 Å². The smallest absolute Gasteiger partial charge is 0.227 e. The summed E-state index contributed by atoms with van der Waals surface area (Å²) in [5.41, 5.74) is 11.6. The molecule has 126 valence electrons. The summed E-state index contributed by atoms with van der Waals surface area (Å²) in [5.74, 6) is 1.20. The van der Waals surface area contributed by atoms with Gasteiger partial charge in [-0.05, 0) is 32.3 Å². The number of carbonyl (C=O) groups is 1. The second-order valence-electron chi connectivity index (χ2n) is 6.74. The Balaban J connectivity index is 2.29. The molecule has 1 aliphatic heterocycles. The first kappa shape index (κ1) is 16.9. The van der Waals surface area contributed by atoms with Crippen LogP contribution in [0.15, 0.2) is 5.11 Å². The fourth-order valence-corrected chi connectivity index (χ4v) is 2.55. The van der Waals surface area contributed by atoms with Crippen molar-refractivity contribution in [3.8, 4) is 0 Å². The molecule has 9 heteroatoms. The van der Waals surface area contributed by atoms with Crippen LogP contribution < -0.4 is 26.8 Å². The molecule has 9 nitrogen and oxygen atoms in total. The van der Waals surface area contributed by atoms with Crippen molar-refractivity contribution >= 4 is 29.2 Å². The molecule has 0 aliphatic carbocycles. The fraction of sp³-hybridized carbons (Fsp3) is 0.643. The third-order valence-electron chi connectivity index (χ3n) is 3.40. The molecule has 2 heterocycles. The van der Waals surface area contributed by atoms with Gasteiger partial charge in [0.1, 0.15) is 0 Å². The molecule has 23 heavy (non-hydrogen) atoms. The third kappa shape index (κ3) is 4.27. The molecule has 6 N–H and O–H groups in total. The zero-order chi connectivity index (χ0) is 17.2. The molecule has 1 aromatic rings. The minimum Gasteiger partial charge on any atom is -0.381 e. The van der Waals surface area contributed by atoms with Crippen LogP contribution in [0.25, 0.3) is 0 Å². The van der Waals surface area contributed by atoms with Gasteiger partial charge in [-0.25, -0.2) is 0 Å². The maximum absolute atomic E-state index is 11.2. The number of hydrogen-bond acceptors (Lipinski definition) is 7. The van der Waals surface area contributed by atoms with E-state index in [1.807, 2.05) is 25.7 Å². The molecule has 0 saturated carbocycles. The third-order valence-corrected chi connectivity index (χ3v) is 3.40. The van der Waals surface area contributed by atoms with Gasteiger partial charge in [-0.2, -0.15) is 15.5 Å². The van der Waals surface area contributed by atoms with Crippen LogP contribution in [0.3, 0.4) is 0 Å². The summed E-state index contributed by atoms with van der Waals surface area (Å²) < 4.78 is 0. The van der Waals surface area contributed by atoms with Gasteiger partial charge in [-0.3, -0.25) is 4.79 Å². The Labute approximate surface area is 135 Å². The predicted octanol–water partition coefficient (Wildman–Crippen LogP) is -0.173. The van der Waals surface area contributed by atoms with E-state index in [-0.39, 0.29) is 23.3 Å². The van der Waals surface area contributed by atoms with E-state index in [4.69, 9.17) is 11.3 Å². The van der Waals surface area contributed by atoms with Crippen LogP contribution in [0.2, 0.25) is 0 Å². The van der Waals surface area contributed by atoms with Gasteiger partial charge >= 0.3 is 0 Å². The topological polar surface area (TPSA) is 134 Å². The summed E-state index contributed by atoms with van der Waals surface area (Å²) in [4.78, 5) is 22.0. The lowest BCUT2D eigenvalue weighted by molar-refractivity contribution is -0.210. The normalized spacial score (nSPS) is 17.9. The summed E-state index contributed by atoms with van der Waals surface area (Å²) in [7, 11) is 0. The summed E-state index contributed by atoms with van der Waals surface area (Å²) in [5, 5.41) is 9.84. The highest BCUT2D eigenvalue weighted by atomic mass is 16.1. The molecule has 1 amide bonds. The number of amides is 1. The van der Waals surface area contributed by atoms with Crippen LogP contribution in [-0.2, 0) is 4.79 Å². The Morgan fingerprint density at radius 2 is 2.13 bits per heavy atom. The highest BCUT2D eigenvalue weighted by Crippen LogP contribution is 2.34. The van der Waals surface area contributed by atoms with Gasteiger partial charge in [0.25, 0.3) is 0 Å².